The molecule has 2 aromatic carbocycles. The zero-order valence-corrected chi connectivity index (χ0v) is 11.5. The SMILES string of the molecule is Cc1ccc(/C=C(\NC(=O)c2ccccc2)C(=O)O)cc1. The Labute approximate surface area is 122 Å². The van der Waals surface area contributed by atoms with E-state index in [4.69, 9.17) is 0 Å². The van der Waals surface area contributed by atoms with Crippen LogP contribution in [0.15, 0.2) is 60.3 Å². The lowest BCUT2D eigenvalue weighted by molar-refractivity contribution is -0.132. The Morgan fingerprint density at radius 1 is 1.00 bits per heavy atom. The first-order chi connectivity index (χ1) is 10.1. The summed E-state index contributed by atoms with van der Waals surface area (Å²) in [6, 6.07) is 15.8. The summed E-state index contributed by atoms with van der Waals surface area (Å²) >= 11 is 0. The van der Waals surface area contributed by atoms with Gasteiger partial charge >= 0.3 is 5.97 Å². The number of aliphatic carboxylic acids is 1. The van der Waals surface area contributed by atoms with Crippen molar-refractivity contribution >= 4 is 18.0 Å². The number of carbonyl (C=O) groups is 2. The van der Waals surface area contributed by atoms with Gasteiger partial charge in [0, 0.05) is 5.56 Å². The van der Waals surface area contributed by atoms with Crippen LogP contribution in [0.1, 0.15) is 21.5 Å². The molecule has 21 heavy (non-hydrogen) atoms. The number of carboxylic acids is 1. The molecule has 2 rings (SSSR count). The first-order valence-electron chi connectivity index (χ1n) is 6.44. The average Bonchev–Trinajstić information content (AvgIpc) is 2.49. The van der Waals surface area contributed by atoms with Gasteiger partial charge in [-0.05, 0) is 30.7 Å². The molecule has 0 radical (unpaired) electrons. The van der Waals surface area contributed by atoms with Gasteiger partial charge in [0.2, 0.25) is 0 Å². The summed E-state index contributed by atoms with van der Waals surface area (Å²) in [5.41, 5.74) is 2.05. The van der Waals surface area contributed by atoms with E-state index in [0.717, 1.165) is 5.56 Å². The number of hydrogen-bond donors (Lipinski definition) is 2. The minimum Gasteiger partial charge on any atom is -0.477 e. The summed E-state index contributed by atoms with van der Waals surface area (Å²) in [5.74, 6) is -1.63. The van der Waals surface area contributed by atoms with Crippen LogP contribution in [0, 0.1) is 6.92 Å². The topological polar surface area (TPSA) is 66.4 Å². The Kier molecular flexibility index (Phi) is 4.51. The van der Waals surface area contributed by atoms with Crippen molar-refractivity contribution in [2.24, 2.45) is 0 Å². The van der Waals surface area contributed by atoms with E-state index in [1.807, 2.05) is 19.1 Å². The van der Waals surface area contributed by atoms with Crippen molar-refractivity contribution in [1.82, 2.24) is 5.32 Å². The standard InChI is InChI=1S/C17H15NO3/c1-12-7-9-13(10-8-12)11-15(17(20)21)18-16(19)14-5-3-2-4-6-14/h2-11H,1H3,(H,18,19)(H,20,21)/b15-11-. The van der Waals surface area contributed by atoms with Crippen LogP contribution in [0.2, 0.25) is 0 Å². The average molecular weight is 281 g/mol. The van der Waals surface area contributed by atoms with Crippen LogP contribution in [0.25, 0.3) is 6.08 Å². The van der Waals surface area contributed by atoms with Crippen molar-refractivity contribution in [1.29, 1.82) is 0 Å². The normalized spacial score (nSPS) is 11.0. The lowest BCUT2D eigenvalue weighted by Gasteiger charge is -2.06. The monoisotopic (exact) mass is 281 g/mol. The van der Waals surface area contributed by atoms with Crippen molar-refractivity contribution in [2.45, 2.75) is 6.92 Å². The number of aryl methyl sites for hydroxylation is 1. The van der Waals surface area contributed by atoms with Crippen LogP contribution in [0.3, 0.4) is 0 Å². The van der Waals surface area contributed by atoms with Crippen LogP contribution in [-0.2, 0) is 4.79 Å². The highest BCUT2D eigenvalue weighted by Crippen LogP contribution is 2.08. The maximum atomic E-state index is 12.0. The lowest BCUT2D eigenvalue weighted by atomic mass is 10.1. The maximum absolute atomic E-state index is 12.0. The van der Waals surface area contributed by atoms with E-state index >= 15 is 0 Å². The molecule has 0 heterocycles. The van der Waals surface area contributed by atoms with Gasteiger partial charge in [-0.15, -0.1) is 0 Å². The third kappa shape index (κ3) is 4.04. The van der Waals surface area contributed by atoms with Crippen molar-refractivity contribution in [3.05, 3.63) is 77.0 Å². The molecule has 4 heteroatoms. The molecule has 0 unspecified atom stereocenters. The van der Waals surface area contributed by atoms with Crippen molar-refractivity contribution < 1.29 is 14.7 Å². The van der Waals surface area contributed by atoms with Gasteiger partial charge in [-0.3, -0.25) is 4.79 Å². The first-order valence-corrected chi connectivity index (χ1v) is 6.44. The second-order valence-corrected chi connectivity index (χ2v) is 4.59. The molecule has 0 fully saturated rings. The summed E-state index contributed by atoms with van der Waals surface area (Å²) in [6.07, 6.45) is 1.43. The van der Waals surface area contributed by atoms with E-state index in [9.17, 15) is 14.7 Å². The van der Waals surface area contributed by atoms with Crippen molar-refractivity contribution in [3.63, 3.8) is 0 Å². The Balaban J connectivity index is 2.22. The fourth-order valence-corrected chi connectivity index (χ4v) is 1.76. The number of benzene rings is 2. The van der Waals surface area contributed by atoms with E-state index in [0.29, 0.717) is 11.1 Å². The molecule has 1 amide bonds. The first kappa shape index (κ1) is 14.5. The Morgan fingerprint density at radius 3 is 2.19 bits per heavy atom. The molecule has 0 atom stereocenters. The Morgan fingerprint density at radius 2 is 1.62 bits per heavy atom. The molecule has 0 bridgehead atoms. The van der Waals surface area contributed by atoms with Crippen molar-refractivity contribution in [3.8, 4) is 0 Å². The fraction of sp³-hybridized carbons (Fsp3) is 0.0588. The highest BCUT2D eigenvalue weighted by atomic mass is 16.4. The molecular weight excluding hydrogens is 266 g/mol. The van der Waals surface area contributed by atoms with Crippen LogP contribution in [0.5, 0.6) is 0 Å². The molecule has 0 aromatic heterocycles. The zero-order valence-electron chi connectivity index (χ0n) is 11.5. The largest absolute Gasteiger partial charge is 0.477 e. The lowest BCUT2D eigenvalue weighted by Crippen LogP contribution is -2.27. The van der Waals surface area contributed by atoms with E-state index in [-0.39, 0.29) is 5.70 Å². The van der Waals surface area contributed by atoms with E-state index < -0.39 is 11.9 Å². The smallest absolute Gasteiger partial charge is 0.352 e. The van der Waals surface area contributed by atoms with Gasteiger partial charge in [0.25, 0.3) is 5.91 Å². The van der Waals surface area contributed by atoms with Crippen LogP contribution in [-0.4, -0.2) is 17.0 Å². The number of carbonyl (C=O) groups excluding carboxylic acids is 1. The molecule has 0 aliphatic rings. The summed E-state index contributed by atoms with van der Waals surface area (Å²) in [6.45, 7) is 1.95. The predicted octanol–water partition coefficient (Wildman–Crippen LogP) is 2.85. The Bertz CT molecular complexity index is 673. The third-order valence-corrected chi connectivity index (χ3v) is 2.90. The maximum Gasteiger partial charge on any atom is 0.352 e. The highest BCUT2D eigenvalue weighted by Gasteiger charge is 2.12. The number of nitrogens with one attached hydrogen (secondary N) is 1. The Hall–Kier alpha value is -2.88. The number of amides is 1. The van der Waals surface area contributed by atoms with Crippen LogP contribution in [0.4, 0.5) is 0 Å². The quantitative estimate of drug-likeness (QED) is 0.847. The van der Waals surface area contributed by atoms with Gasteiger partial charge in [0.05, 0.1) is 0 Å². The van der Waals surface area contributed by atoms with Crippen LogP contribution >= 0.6 is 0 Å². The predicted molar refractivity (Wildman–Crippen MR) is 80.7 cm³/mol. The molecule has 0 saturated carbocycles. The molecular formula is C17H15NO3. The second kappa shape index (κ2) is 6.52. The van der Waals surface area contributed by atoms with E-state index in [1.165, 1.54) is 6.08 Å². The third-order valence-electron chi connectivity index (χ3n) is 2.90. The fourth-order valence-electron chi connectivity index (χ4n) is 1.76. The van der Waals surface area contributed by atoms with Gasteiger partial charge in [-0.1, -0.05) is 48.0 Å². The molecule has 0 aliphatic carbocycles. The number of carboxylic acid groups (broad SMARTS) is 1. The minimum absolute atomic E-state index is 0.160. The molecule has 0 saturated heterocycles. The van der Waals surface area contributed by atoms with Gasteiger partial charge in [0.1, 0.15) is 5.70 Å². The zero-order chi connectivity index (χ0) is 15.2. The number of hydrogen-bond acceptors (Lipinski definition) is 2. The molecule has 106 valence electrons. The minimum atomic E-state index is -1.18. The molecule has 0 spiro atoms. The number of rotatable bonds is 4. The molecule has 0 aliphatic heterocycles. The molecule has 2 aromatic rings. The van der Waals surface area contributed by atoms with Gasteiger partial charge < -0.3 is 10.4 Å². The van der Waals surface area contributed by atoms with E-state index in [2.05, 4.69) is 5.32 Å². The molecule has 4 nitrogen and oxygen atoms in total. The summed E-state index contributed by atoms with van der Waals surface area (Å²) in [5, 5.41) is 11.6. The summed E-state index contributed by atoms with van der Waals surface area (Å²) in [7, 11) is 0. The summed E-state index contributed by atoms with van der Waals surface area (Å²) in [4.78, 5) is 23.2. The van der Waals surface area contributed by atoms with Gasteiger partial charge in [-0.25, -0.2) is 4.79 Å². The summed E-state index contributed by atoms with van der Waals surface area (Å²) < 4.78 is 0. The second-order valence-electron chi connectivity index (χ2n) is 4.59. The van der Waals surface area contributed by atoms with Gasteiger partial charge in [0.15, 0.2) is 0 Å². The van der Waals surface area contributed by atoms with Gasteiger partial charge in [-0.2, -0.15) is 0 Å². The van der Waals surface area contributed by atoms with Crippen LogP contribution < -0.4 is 5.32 Å². The highest BCUT2D eigenvalue weighted by molar-refractivity contribution is 6.02. The molecule has 2 N–H and O–H groups in total. The van der Waals surface area contributed by atoms with Crippen molar-refractivity contribution in [2.75, 3.05) is 0 Å². The van der Waals surface area contributed by atoms with E-state index in [1.54, 1.807) is 42.5 Å².